The highest BCUT2D eigenvalue weighted by molar-refractivity contribution is 5.76. The lowest BCUT2D eigenvalue weighted by atomic mass is 9.68. The molecule has 5 rings (SSSR count). The van der Waals surface area contributed by atoms with Crippen molar-refractivity contribution in [2.45, 2.75) is 25.7 Å². The Morgan fingerprint density at radius 2 is 2.00 bits per heavy atom. The molecule has 8 nitrogen and oxygen atoms in total. The second-order valence-electron chi connectivity index (χ2n) is 7.41. The minimum atomic E-state index is 0.269. The highest BCUT2D eigenvalue weighted by Gasteiger charge is 2.43. The lowest BCUT2D eigenvalue weighted by molar-refractivity contribution is 0.165. The van der Waals surface area contributed by atoms with Crippen LogP contribution in [0.5, 0.6) is 11.9 Å². The first kappa shape index (κ1) is 16.3. The van der Waals surface area contributed by atoms with Crippen LogP contribution < -0.4 is 14.4 Å². The summed E-state index contributed by atoms with van der Waals surface area (Å²) in [5.41, 5.74) is 3.97. The van der Waals surface area contributed by atoms with E-state index in [1.807, 2.05) is 10.7 Å². The zero-order valence-electron chi connectivity index (χ0n) is 15.6. The van der Waals surface area contributed by atoms with E-state index in [4.69, 9.17) is 14.6 Å². The number of aromatic nitrogens is 5. The predicted octanol–water partition coefficient (Wildman–Crippen LogP) is 2.58. The summed E-state index contributed by atoms with van der Waals surface area (Å²) in [6, 6.07) is 2.35. The fourth-order valence-electron chi connectivity index (χ4n) is 4.27. The van der Waals surface area contributed by atoms with Crippen molar-refractivity contribution in [3.05, 3.63) is 24.7 Å². The van der Waals surface area contributed by atoms with E-state index >= 15 is 0 Å². The van der Waals surface area contributed by atoms with Crippen molar-refractivity contribution >= 4 is 11.3 Å². The molecule has 0 unspecified atom stereocenters. The van der Waals surface area contributed by atoms with E-state index in [0.717, 1.165) is 35.7 Å². The van der Waals surface area contributed by atoms with Crippen LogP contribution in [0.15, 0.2) is 24.7 Å². The molecule has 0 radical (unpaired) electrons. The van der Waals surface area contributed by atoms with Crippen molar-refractivity contribution in [3.63, 3.8) is 0 Å². The second-order valence-corrected chi connectivity index (χ2v) is 7.41. The summed E-state index contributed by atoms with van der Waals surface area (Å²) in [6.45, 7) is 2.15. The van der Waals surface area contributed by atoms with Crippen LogP contribution in [0.3, 0.4) is 0 Å². The van der Waals surface area contributed by atoms with Crippen molar-refractivity contribution in [1.29, 1.82) is 0 Å². The van der Waals surface area contributed by atoms with Gasteiger partial charge in [0.25, 0.3) is 0 Å². The average Bonchev–Trinajstić information content (AvgIpc) is 3.33. The molecule has 140 valence electrons. The predicted molar refractivity (Wildman–Crippen MR) is 100 cm³/mol. The van der Waals surface area contributed by atoms with Gasteiger partial charge in [0.05, 0.1) is 25.5 Å². The molecular weight excluding hydrogens is 344 g/mol. The first-order chi connectivity index (χ1) is 13.2. The second kappa shape index (κ2) is 6.07. The first-order valence-electron chi connectivity index (χ1n) is 9.26. The summed E-state index contributed by atoms with van der Waals surface area (Å²) in [4.78, 5) is 15.5. The van der Waals surface area contributed by atoms with E-state index in [1.54, 1.807) is 19.5 Å². The molecule has 0 aromatic carbocycles. The Morgan fingerprint density at radius 1 is 1.11 bits per heavy atom. The molecule has 1 aliphatic heterocycles. The molecule has 3 aromatic heterocycles. The minimum Gasteiger partial charge on any atom is -0.480 e. The van der Waals surface area contributed by atoms with Crippen LogP contribution in [0.1, 0.15) is 25.7 Å². The van der Waals surface area contributed by atoms with Crippen molar-refractivity contribution < 1.29 is 9.47 Å². The number of hydrogen-bond acceptors (Lipinski definition) is 7. The third-order valence-electron chi connectivity index (χ3n) is 5.92. The number of methoxy groups -OCH3 is 2. The van der Waals surface area contributed by atoms with Crippen LogP contribution in [0, 0.1) is 5.41 Å². The van der Waals surface area contributed by atoms with Gasteiger partial charge in [-0.2, -0.15) is 10.1 Å². The fourth-order valence-corrected chi connectivity index (χ4v) is 4.27. The average molecular weight is 366 g/mol. The molecule has 2 aliphatic rings. The van der Waals surface area contributed by atoms with Crippen molar-refractivity contribution in [2.75, 3.05) is 32.2 Å². The Labute approximate surface area is 157 Å². The van der Waals surface area contributed by atoms with Crippen molar-refractivity contribution in [3.8, 4) is 23.1 Å². The molecule has 0 amide bonds. The van der Waals surface area contributed by atoms with Crippen molar-refractivity contribution in [2.24, 2.45) is 5.41 Å². The normalized spacial score (nSPS) is 18.1. The minimum absolute atomic E-state index is 0.269. The molecule has 0 N–H and O–H groups in total. The van der Waals surface area contributed by atoms with Crippen LogP contribution >= 0.6 is 0 Å². The molecule has 3 aromatic rings. The zero-order chi connectivity index (χ0) is 18.4. The van der Waals surface area contributed by atoms with Gasteiger partial charge in [-0.3, -0.25) is 0 Å². The van der Waals surface area contributed by atoms with Crippen LogP contribution in [-0.4, -0.2) is 51.9 Å². The zero-order valence-corrected chi connectivity index (χ0v) is 15.6. The number of hydrogen-bond donors (Lipinski definition) is 0. The third-order valence-corrected chi connectivity index (χ3v) is 5.92. The van der Waals surface area contributed by atoms with Crippen LogP contribution in [0.2, 0.25) is 0 Å². The Kier molecular flexibility index (Phi) is 3.66. The Balaban J connectivity index is 1.60. The quantitative estimate of drug-likeness (QED) is 0.702. The molecular formula is C19H22N6O2. The van der Waals surface area contributed by atoms with E-state index in [-0.39, 0.29) is 6.01 Å². The van der Waals surface area contributed by atoms with Gasteiger partial charge in [0.15, 0.2) is 5.65 Å². The Bertz CT molecular complexity index is 997. The molecule has 1 saturated carbocycles. The van der Waals surface area contributed by atoms with E-state index in [0.29, 0.717) is 11.3 Å². The SMILES string of the molecule is COc1ncc(-c2cc(N3CCC4(CCC4)C3)c3nccn3n2)c(OC)n1. The molecule has 0 bridgehead atoms. The van der Waals surface area contributed by atoms with Gasteiger partial charge in [-0.15, -0.1) is 0 Å². The highest BCUT2D eigenvalue weighted by Crippen LogP contribution is 2.49. The molecule has 0 atom stereocenters. The number of rotatable bonds is 4. The standard InChI is InChI=1S/C19H22N6O2/c1-26-17-13(11-21-18(22-17)27-2)14-10-15(16-20-7-9-25(16)23-14)24-8-6-19(12-24)4-3-5-19/h7,9-11H,3-6,8,12H2,1-2H3. The molecule has 1 aliphatic carbocycles. The summed E-state index contributed by atoms with van der Waals surface area (Å²) in [5.74, 6) is 0.441. The molecule has 27 heavy (non-hydrogen) atoms. The van der Waals surface area contributed by atoms with Crippen LogP contribution in [-0.2, 0) is 0 Å². The van der Waals surface area contributed by atoms with Crippen LogP contribution in [0.25, 0.3) is 16.9 Å². The van der Waals surface area contributed by atoms with Gasteiger partial charge in [0.2, 0.25) is 5.88 Å². The monoisotopic (exact) mass is 366 g/mol. The summed E-state index contributed by atoms with van der Waals surface area (Å²) in [7, 11) is 3.12. The molecule has 8 heteroatoms. The summed E-state index contributed by atoms with van der Waals surface area (Å²) in [6.07, 6.45) is 10.6. The lowest BCUT2D eigenvalue weighted by Crippen LogP contribution is -2.33. The molecule has 1 saturated heterocycles. The Hall–Kier alpha value is -2.90. The number of fused-ring (bicyclic) bond motifs is 1. The molecule has 4 heterocycles. The summed E-state index contributed by atoms with van der Waals surface area (Å²) >= 11 is 0. The summed E-state index contributed by atoms with van der Waals surface area (Å²) in [5, 5.41) is 4.70. The molecule has 2 fully saturated rings. The number of ether oxygens (including phenoxy) is 2. The van der Waals surface area contributed by atoms with Gasteiger partial charge in [0.1, 0.15) is 5.69 Å². The summed E-state index contributed by atoms with van der Waals surface area (Å²) < 4.78 is 12.4. The number of imidazole rings is 1. The lowest BCUT2D eigenvalue weighted by Gasteiger charge is -2.38. The van der Waals surface area contributed by atoms with Crippen LogP contribution in [0.4, 0.5) is 5.69 Å². The smallest absolute Gasteiger partial charge is 0.319 e. The van der Waals surface area contributed by atoms with Crippen molar-refractivity contribution in [1.82, 2.24) is 24.6 Å². The maximum atomic E-state index is 5.45. The molecule has 1 spiro atoms. The topological polar surface area (TPSA) is 77.7 Å². The van der Waals surface area contributed by atoms with Gasteiger partial charge >= 0.3 is 6.01 Å². The maximum absolute atomic E-state index is 5.45. The number of nitrogens with zero attached hydrogens (tertiary/aromatic N) is 6. The van der Waals surface area contributed by atoms with Gasteiger partial charge in [0, 0.05) is 31.7 Å². The van der Waals surface area contributed by atoms with E-state index in [1.165, 1.54) is 32.8 Å². The highest BCUT2D eigenvalue weighted by atomic mass is 16.5. The van der Waals surface area contributed by atoms with Gasteiger partial charge in [-0.1, -0.05) is 6.42 Å². The van der Waals surface area contributed by atoms with E-state index in [2.05, 4.69) is 25.9 Å². The van der Waals surface area contributed by atoms with Gasteiger partial charge in [-0.05, 0) is 30.7 Å². The van der Waals surface area contributed by atoms with Gasteiger partial charge in [-0.25, -0.2) is 14.5 Å². The largest absolute Gasteiger partial charge is 0.480 e. The van der Waals surface area contributed by atoms with Gasteiger partial charge < -0.3 is 14.4 Å². The fraction of sp³-hybridized carbons (Fsp3) is 0.474. The third kappa shape index (κ3) is 2.58. The first-order valence-corrected chi connectivity index (χ1v) is 9.26. The van der Waals surface area contributed by atoms with E-state index < -0.39 is 0 Å². The maximum Gasteiger partial charge on any atom is 0.319 e. The van der Waals surface area contributed by atoms with E-state index in [9.17, 15) is 0 Å². The Morgan fingerprint density at radius 3 is 2.70 bits per heavy atom. The number of anilines is 1.